The number of ether oxygens (including phenoxy) is 1. The van der Waals surface area contributed by atoms with Crippen LogP contribution in [-0.4, -0.2) is 40.5 Å². The predicted molar refractivity (Wildman–Crippen MR) is 110 cm³/mol. The fourth-order valence-electron chi connectivity index (χ4n) is 2.88. The second-order valence-corrected chi connectivity index (χ2v) is 6.73. The van der Waals surface area contributed by atoms with Gasteiger partial charge in [0.1, 0.15) is 6.61 Å². The summed E-state index contributed by atoms with van der Waals surface area (Å²) < 4.78 is 4.78. The largest absolute Gasteiger partial charge is 0.375 e. The first kappa shape index (κ1) is 20.2. The molecule has 1 heterocycles. The van der Waals surface area contributed by atoms with Gasteiger partial charge in [-0.05, 0) is 56.7 Å². The molecule has 0 aliphatic carbocycles. The maximum Gasteiger partial charge on any atom is 0.278 e. The molecule has 3 aromatic rings. The number of amides is 2. The van der Waals surface area contributed by atoms with Crippen LogP contribution in [0.5, 0.6) is 0 Å². The average Bonchev–Trinajstić information content (AvgIpc) is 3.05. The lowest BCUT2D eigenvalue weighted by Crippen LogP contribution is -2.17. The Hall–Kier alpha value is -3.52. The van der Waals surface area contributed by atoms with Gasteiger partial charge in [0.25, 0.3) is 5.91 Å². The van der Waals surface area contributed by atoms with Crippen molar-refractivity contribution >= 4 is 23.2 Å². The Morgan fingerprint density at radius 3 is 2.24 bits per heavy atom. The molecule has 2 N–H and O–H groups in total. The summed E-state index contributed by atoms with van der Waals surface area (Å²) in [4.78, 5) is 25.7. The first-order valence-electron chi connectivity index (χ1n) is 9.09. The minimum atomic E-state index is -0.352. The van der Waals surface area contributed by atoms with E-state index in [-0.39, 0.29) is 24.1 Å². The van der Waals surface area contributed by atoms with E-state index in [1.54, 1.807) is 31.2 Å². The number of aryl methyl sites for hydroxylation is 3. The molecule has 8 nitrogen and oxygen atoms in total. The summed E-state index contributed by atoms with van der Waals surface area (Å²) in [5.41, 5.74) is 4.98. The summed E-state index contributed by atoms with van der Waals surface area (Å²) in [6.45, 7) is 5.73. The Kier molecular flexibility index (Phi) is 6.04. The van der Waals surface area contributed by atoms with Crippen molar-refractivity contribution in [1.29, 1.82) is 0 Å². The summed E-state index contributed by atoms with van der Waals surface area (Å²) in [6, 6.07) is 12.7. The summed E-state index contributed by atoms with van der Waals surface area (Å²) >= 11 is 0. The first-order valence-corrected chi connectivity index (χ1v) is 9.09. The fraction of sp³-hybridized carbons (Fsp3) is 0.238. The molecule has 0 radical (unpaired) electrons. The predicted octanol–water partition coefficient (Wildman–Crippen LogP) is 3.03. The maximum absolute atomic E-state index is 12.7. The Balaban J connectivity index is 1.73. The number of aromatic nitrogens is 3. The van der Waals surface area contributed by atoms with Crippen molar-refractivity contribution in [2.75, 3.05) is 24.4 Å². The van der Waals surface area contributed by atoms with Crippen LogP contribution in [0.1, 0.15) is 27.3 Å². The lowest BCUT2D eigenvalue weighted by molar-refractivity contribution is -0.119. The molecule has 2 aromatic carbocycles. The van der Waals surface area contributed by atoms with Crippen LogP contribution in [0.25, 0.3) is 5.69 Å². The molecular weight excluding hydrogens is 370 g/mol. The van der Waals surface area contributed by atoms with Crippen LogP contribution >= 0.6 is 0 Å². The number of rotatable bonds is 6. The van der Waals surface area contributed by atoms with Gasteiger partial charge >= 0.3 is 0 Å². The van der Waals surface area contributed by atoms with E-state index in [1.807, 2.05) is 32.0 Å². The zero-order valence-corrected chi connectivity index (χ0v) is 16.8. The molecule has 0 unspecified atom stereocenters. The molecule has 0 bridgehead atoms. The van der Waals surface area contributed by atoms with Crippen LogP contribution in [0.3, 0.4) is 0 Å². The number of methoxy groups -OCH3 is 1. The fourth-order valence-corrected chi connectivity index (χ4v) is 2.88. The molecule has 0 aliphatic rings. The number of nitrogens with one attached hydrogen (secondary N) is 2. The number of hydrogen-bond acceptors (Lipinski definition) is 5. The number of anilines is 2. The van der Waals surface area contributed by atoms with Crippen LogP contribution in [0.2, 0.25) is 0 Å². The molecule has 0 spiro atoms. The third-order valence-corrected chi connectivity index (χ3v) is 4.27. The third-order valence-electron chi connectivity index (χ3n) is 4.27. The van der Waals surface area contributed by atoms with E-state index in [0.29, 0.717) is 17.1 Å². The molecule has 8 heteroatoms. The topological polar surface area (TPSA) is 98.1 Å². The van der Waals surface area contributed by atoms with Crippen molar-refractivity contribution in [1.82, 2.24) is 15.0 Å². The van der Waals surface area contributed by atoms with Gasteiger partial charge in [-0.3, -0.25) is 9.59 Å². The first-order chi connectivity index (χ1) is 13.9. The van der Waals surface area contributed by atoms with E-state index in [9.17, 15) is 9.59 Å². The highest BCUT2D eigenvalue weighted by Crippen LogP contribution is 2.17. The maximum atomic E-state index is 12.7. The standard InChI is InChI=1S/C21H23N5O3/c1-13-5-10-18(14(2)11-13)26-24-15(3)20(25-26)21(28)23-17-8-6-16(7-9-17)22-19(27)12-29-4/h5-11H,12H2,1-4H3,(H,22,27)(H,23,28). The monoisotopic (exact) mass is 393 g/mol. The molecule has 0 atom stereocenters. The highest BCUT2D eigenvalue weighted by atomic mass is 16.5. The number of carbonyl (C=O) groups excluding carboxylic acids is 2. The van der Waals surface area contributed by atoms with Crippen molar-refractivity contribution in [3.05, 3.63) is 65.0 Å². The van der Waals surface area contributed by atoms with Crippen molar-refractivity contribution < 1.29 is 14.3 Å². The third kappa shape index (κ3) is 4.85. The summed E-state index contributed by atoms with van der Waals surface area (Å²) in [5, 5.41) is 14.2. The Morgan fingerprint density at radius 2 is 1.62 bits per heavy atom. The molecule has 29 heavy (non-hydrogen) atoms. The van der Waals surface area contributed by atoms with E-state index in [1.165, 1.54) is 11.9 Å². The second kappa shape index (κ2) is 8.66. The summed E-state index contributed by atoms with van der Waals surface area (Å²) in [5.74, 6) is -0.599. The summed E-state index contributed by atoms with van der Waals surface area (Å²) in [7, 11) is 1.45. The number of benzene rings is 2. The average molecular weight is 393 g/mol. The Morgan fingerprint density at radius 1 is 0.966 bits per heavy atom. The van der Waals surface area contributed by atoms with Crippen molar-refractivity contribution in [2.24, 2.45) is 0 Å². The van der Waals surface area contributed by atoms with Crippen molar-refractivity contribution in [3.63, 3.8) is 0 Å². The molecule has 0 aliphatic heterocycles. The van der Waals surface area contributed by atoms with Gasteiger partial charge in [-0.15, -0.1) is 5.10 Å². The van der Waals surface area contributed by atoms with Gasteiger partial charge in [-0.25, -0.2) is 0 Å². The van der Waals surface area contributed by atoms with Gasteiger partial charge in [-0.2, -0.15) is 9.90 Å². The molecule has 0 saturated carbocycles. The molecule has 0 fully saturated rings. The minimum absolute atomic E-state index is 0.0200. The molecule has 2 amide bonds. The van der Waals surface area contributed by atoms with Gasteiger partial charge in [0, 0.05) is 18.5 Å². The molecular formula is C21H23N5O3. The smallest absolute Gasteiger partial charge is 0.278 e. The summed E-state index contributed by atoms with van der Waals surface area (Å²) in [6.07, 6.45) is 0. The molecule has 150 valence electrons. The number of hydrogen-bond donors (Lipinski definition) is 2. The highest BCUT2D eigenvalue weighted by molar-refractivity contribution is 6.03. The quantitative estimate of drug-likeness (QED) is 0.671. The SMILES string of the molecule is COCC(=O)Nc1ccc(NC(=O)c2nn(-c3ccc(C)cc3C)nc2C)cc1. The van der Waals surface area contributed by atoms with Crippen LogP contribution in [0, 0.1) is 20.8 Å². The van der Waals surface area contributed by atoms with Gasteiger partial charge in [0.05, 0.1) is 11.4 Å². The zero-order valence-electron chi connectivity index (χ0n) is 16.8. The van der Waals surface area contributed by atoms with Crippen molar-refractivity contribution in [3.8, 4) is 5.69 Å². The lowest BCUT2D eigenvalue weighted by atomic mass is 10.1. The lowest BCUT2D eigenvalue weighted by Gasteiger charge is -2.07. The molecule has 1 aromatic heterocycles. The minimum Gasteiger partial charge on any atom is -0.375 e. The highest BCUT2D eigenvalue weighted by Gasteiger charge is 2.17. The van der Waals surface area contributed by atoms with E-state index in [4.69, 9.17) is 4.74 Å². The van der Waals surface area contributed by atoms with Gasteiger partial charge in [0.2, 0.25) is 5.91 Å². The normalized spacial score (nSPS) is 10.6. The number of carbonyl (C=O) groups is 2. The van der Waals surface area contributed by atoms with E-state index < -0.39 is 0 Å². The zero-order chi connectivity index (χ0) is 21.0. The molecule has 3 rings (SSSR count). The van der Waals surface area contributed by atoms with Crippen molar-refractivity contribution in [2.45, 2.75) is 20.8 Å². The van der Waals surface area contributed by atoms with Gasteiger partial charge in [0.15, 0.2) is 5.69 Å². The van der Waals surface area contributed by atoms with Gasteiger partial charge < -0.3 is 15.4 Å². The van der Waals surface area contributed by atoms with Crippen LogP contribution in [-0.2, 0) is 9.53 Å². The molecule has 0 saturated heterocycles. The van der Waals surface area contributed by atoms with Gasteiger partial charge in [-0.1, -0.05) is 17.7 Å². The Labute approximate surface area is 168 Å². The second-order valence-electron chi connectivity index (χ2n) is 6.73. The Bertz CT molecular complexity index is 1040. The van der Waals surface area contributed by atoms with E-state index >= 15 is 0 Å². The van der Waals surface area contributed by atoms with E-state index in [0.717, 1.165) is 16.8 Å². The van der Waals surface area contributed by atoms with Crippen LogP contribution in [0.4, 0.5) is 11.4 Å². The van der Waals surface area contributed by atoms with E-state index in [2.05, 4.69) is 20.8 Å². The number of nitrogens with zero attached hydrogens (tertiary/aromatic N) is 3. The van der Waals surface area contributed by atoms with Crippen LogP contribution < -0.4 is 10.6 Å². The van der Waals surface area contributed by atoms with Crippen LogP contribution in [0.15, 0.2) is 42.5 Å².